The van der Waals surface area contributed by atoms with Gasteiger partial charge in [0.05, 0.1) is 0 Å². The summed E-state index contributed by atoms with van der Waals surface area (Å²) in [6.45, 7) is 5.78. The summed E-state index contributed by atoms with van der Waals surface area (Å²) in [6, 6.07) is 6.67. The molecule has 0 spiro atoms. The summed E-state index contributed by atoms with van der Waals surface area (Å²) in [5.74, 6) is -0.497. The average molecular weight is 293 g/mol. The van der Waals surface area contributed by atoms with Gasteiger partial charge in [0.1, 0.15) is 11.8 Å². The Bertz CT molecular complexity index is 485. The Morgan fingerprint density at radius 3 is 2.52 bits per heavy atom. The molecule has 2 N–H and O–H groups in total. The van der Waals surface area contributed by atoms with Gasteiger partial charge < -0.3 is 15.2 Å². The molecule has 1 atom stereocenters. The quantitative estimate of drug-likeness (QED) is 0.772. The van der Waals surface area contributed by atoms with Crippen molar-refractivity contribution in [3.63, 3.8) is 0 Å². The van der Waals surface area contributed by atoms with Crippen LogP contribution >= 0.6 is 0 Å². The van der Waals surface area contributed by atoms with Gasteiger partial charge in [0, 0.05) is 0 Å². The van der Waals surface area contributed by atoms with Crippen LogP contribution in [0.5, 0.6) is 5.75 Å². The van der Waals surface area contributed by atoms with E-state index in [2.05, 4.69) is 5.32 Å². The number of hydrogen-bond acceptors (Lipinski definition) is 3. The molecule has 1 rings (SSSR count). The van der Waals surface area contributed by atoms with Gasteiger partial charge in [-0.3, -0.25) is 4.79 Å². The summed E-state index contributed by atoms with van der Waals surface area (Å²) < 4.78 is 5.51. The van der Waals surface area contributed by atoms with Crippen LogP contribution in [0.25, 0.3) is 0 Å². The molecule has 0 aliphatic carbocycles. The molecule has 0 saturated carbocycles. The monoisotopic (exact) mass is 293 g/mol. The van der Waals surface area contributed by atoms with Crippen LogP contribution in [0, 0.1) is 0 Å². The van der Waals surface area contributed by atoms with Crippen LogP contribution in [0.4, 0.5) is 0 Å². The van der Waals surface area contributed by atoms with Crippen molar-refractivity contribution >= 4 is 11.9 Å². The Labute approximate surface area is 125 Å². The van der Waals surface area contributed by atoms with Crippen molar-refractivity contribution in [1.82, 2.24) is 5.32 Å². The van der Waals surface area contributed by atoms with Crippen LogP contribution in [-0.4, -0.2) is 29.6 Å². The number of carboxylic acids is 1. The molecular weight excluding hydrogens is 270 g/mol. The van der Waals surface area contributed by atoms with Crippen LogP contribution in [-0.2, 0) is 9.59 Å². The zero-order valence-corrected chi connectivity index (χ0v) is 12.8. The number of rotatable bonds is 8. The Balaban J connectivity index is 2.59. The van der Waals surface area contributed by atoms with E-state index in [1.54, 1.807) is 0 Å². The normalized spacial score (nSPS) is 12.0. The second-order valence-corrected chi connectivity index (χ2v) is 5.23. The van der Waals surface area contributed by atoms with Gasteiger partial charge in [-0.25, -0.2) is 4.79 Å². The summed E-state index contributed by atoms with van der Waals surface area (Å²) in [5, 5.41) is 11.5. The first kappa shape index (κ1) is 17.0. The van der Waals surface area contributed by atoms with Crippen molar-refractivity contribution in [2.75, 3.05) is 6.61 Å². The lowest BCUT2D eigenvalue weighted by Gasteiger charge is -2.16. The first-order valence-corrected chi connectivity index (χ1v) is 7.19. The summed E-state index contributed by atoms with van der Waals surface area (Å²) in [6.07, 6.45) is 1.10. The zero-order chi connectivity index (χ0) is 15.8. The van der Waals surface area contributed by atoms with E-state index < -0.39 is 17.9 Å². The van der Waals surface area contributed by atoms with Crippen molar-refractivity contribution in [3.05, 3.63) is 29.8 Å². The summed E-state index contributed by atoms with van der Waals surface area (Å²) in [7, 11) is 0. The maximum atomic E-state index is 11.8. The Morgan fingerprint density at radius 2 is 1.95 bits per heavy atom. The van der Waals surface area contributed by atoms with E-state index >= 15 is 0 Å². The van der Waals surface area contributed by atoms with E-state index in [0.29, 0.717) is 18.6 Å². The highest BCUT2D eigenvalue weighted by atomic mass is 16.5. The van der Waals surface area contributed by atoms with Gasteiger partial charge in [-0.15, -0.1) is 0 Å². The molecule has 1 aromatic carbocycles. The third kappa shape index (κ3) is 5.45. The molecule has 21 heavy (non-hydrogen) atoms. The lowest BCUT2D eigenvalue weighted by molar-refractivity contribution is -0.142. The number of carboxylic acid groups (broad SMARTS) is 1. The van der Waals surface area contributed by atoms with E-state index in [4.69, 9.17) is 9.84 Å². The Morgan fingerprint density at radius 1 is 1.29 bits per heavy atom. The van der Waals surface area contributed by atoms with Crippen molar-refractivity contribution in [1.29, 1.82) is 0 Å². The molecule has 1 unspecified atom stereocenters. The number of nitrogens with one attached hydrogen (secondary N) is 1. The standard InChI is InChI=1S/C16H23NO4/c1-4-7-13(16(19)20)17-15(18)10-21-14-9-6-5-8-12(14)11(2)3/h5-6,8-9,11,13H,4,7,10H2,1-3H3,(H,17,18)(H,19,20). The van der Waals surface area contributed by atoms with Crippen LogP contribution in [0.3, 0.4) is 0 Å². The lowest BCUT2D eigenvalue weighted by atomic mass is 10.0. The molecular formula is C16H23NO4. The lowest BCUT2D eigenvalue weighted by Crippen LogP contribution is -2.42. The number of amides is 1. The number of carbonyl (C=O) groups excluding carboxylic acids is 1. The SMILES string of the molecule is CCCC(NC(=O)COc1ccccc1C(C)C)C(=O)O. The molecule has 116 valence electrons. The van der Waals surface area contributed by atoms with E-state index in [1.807, 2.05) is 45.0 Å². The van der Waals surface area contributed by atoms with E-state index in [0.717, 1.165) is 5.56 Å². The maximum Gasteiger partial charge on any atom is 0.326 e. The predicted molar refractivity (Wildman–Crippen MR) is 80.5 cm³/mol. The first-order valence-electron chi connectivity index (χ1n) is 7.19. The molecule has 5 nitrogen and oxygen atoms in total. The van der Waals surface area contributed by atoms with Crippen LogP contribution in [0.15, 0.2) is 24.3 Å². The molecule has 0 heterocycles. The van der Waals surface area contributed by atoms with Gasteiger partial charge in [-0.05, 0) is 24.0 Å². The molecule has 0 radical (unpaired) electrons. The van der Waals surface area contributed by atoms with Crippen molar-refractivity contribution in [2.45, 2.75) is 45.6 Å². The van der Waals surface area contributed by atoms with Crippen molar-refractivity contribution in [3.8, 4) is 5.75 Å². The van der Waals surface area contributed by atoms with Gasteiger partial charge >= 0.3 is 5.97 Å². The highest BCUT2D eigenvalue weighted by molar-refractivity contribution is 5.84. The zero-order valence-electron chi connectivity index (χ0n) is 12.8. The van der Waals surface area contributed by atoms with Crippen LogP contribution in [0.2, 0.25) is 0 Å². The molecule has 0 saturated heterocycles. The third-order valence-electron chi connectivity index (χ3n) is 3.11. The minimum atomic E-state index is -1.02. The first-order chi connectivity index (χ1) is 9.95. The summed E-state index contributed by atoms with van der Waals surface area (Å²) in [4.78, 5) is 22.8. The number of aliphatic carboxylic acids is 1. The maximum absolute atomic E-state index is 11.8. The number of hydrogen-bond donors (Lipinski definition) is 2. The predicted octanol–water partition coefficient (Wildman–Crippen LogP) is 2.56. The van der Waals surface area contributed by atoms with Gasteiger partial charge in [-0.2, -0.15) is 0 Å². The molecule has 0 fully saturated rings. The minimum Gasteiger partial charge on any atom is -0.483 e. The number of para-hydroxylation sites is 1. The molecule has 0 aliphatic heterocycles. The average Bonchev–Trinajstić information content (AvgIpc) is 2.44. The third-order valence-corrected chi connectivity index (χ3v) is 3.11. The number of carbonyl (C=O) groups is 2. The second-order valence-electron chi connectivity index (χ2n) is 5.23. The minimum absolute atomic E-state index is 0.183. The van der Waals surface area contributed by atoms with Gasteiger partial charge in [0.2, 0.25) is 0 Å². The van der Waals surface area contributed by atoms with E-state index in [-0.39, 0.29) is 12.5 Å². The van der Waals surface area contributed by atoms with Gasteiger partial charge in [0.25, 0.3) is 5.91 Å². The number of benzene rings is 1. The Kier molecular flexibility index (Phi) is 6.72. The molecule has 0 aliphatic rings. The smallest absolute Gasteiger partial charge is 0.326 e. The molecule has 5 heteroatoms. The molecule has 0 aromatic heterocycles. The van der Waals surface area contributed by atoms with Gasteiger partial charge in [0.15, 0.2) is 6.61 Å². The van der Waals surface area contributed by atoms with Crippen LogP contribution in [0.1, 0.15) is 45.1 Å². The van der Waals surface area contributed by atoms with Crippen LogP contribution < -0.4 is 10.1 Å². The van der Waals surface area contributed by atoms with Crippen molar-refractivity contribution < 1.29 is 19.4 Å². The highest BCUT2D eigenvalue weighted by Gasteiger charge is 2.19. The largest absolute Gasteiger partial charge is 0.483 e. The number of ether oxygens (including phenoxy) is 1. The van der Waals surface area contributed by atoms with E-state index in [9.17, 15) is 9.59 Å². The molecule has 1 aromatic rings. The fraction of sp³-hybridized carbons (Fsp3) is 0.500. The Hall–Kier alpha value is -2.04. The summed E-state index contributed by atoms with van der Waals surface area (Å²) >= 11 is 0. The van der Waals surface area contributed by atoms with E-state index in [1.165, 1.54) is 0 Å². The molecule has 1 amide bonds. The fourth-order valence-electron chi connectivity index (χ4n) is 2.01. The highest BCUT2D eigenvalue weighted by Crippen LogP contribution is 2.25. The second kappa shape index (κ2) is 8.29. The molecule has 0 bridgehead atoms. The fourth-order valence-corrected chi connectivity index (χ4v) is 2.01. The van der Waals surface area contributed by atoms with Gasteiger partial charge in [-0.1, -0.05) is 45.4 Å². The summed E-state index contributed by atoms with van der Waals surface area (Å²) in [5.41, 5.74) is 1.02. The van der Waals surface area contributed by atoms with Crippen molar-refractivity contribution in [2.24, 2.45) is 0 Å². The topological polar surface area (TPSA) is 75.6 Å².